The molecule has 1 fully saturated rings. The van der Waals surface area contributed by atoms with Crippen molar-refractivity contribution in [3.05, 3.63) is 95.4 Å². The second-order valence-electron chi connectivity index (χ2n) is 11.6. The molecule has 3 heterocycles. The van der Waals surface area contributed by atoms with Crippen LogP contribution in [0.25, 0.3) is 11.3 Å². The lowest BCUT2D eigenvalue weighted by molar-refractivity contribution is -0.125. The number of nitrogens with one attached hydrogen (secondary N) is 2. The van der Waals surface area contributed by atoms with Gasteiger partial charge in [-0.05, 0) is 53.4 Å². The van der Waals surface area contributed by atoms with Crippen LogP contribution in [0.5, 0.6) is 17.2 Å². The molecule has 0 aliphatic carbocycles. The van der Waals surface area contributed by atoms with Gasteiger partial charge < -0.3 is 29.7 Å². The first-order valence-electron chi connectivity index (χ1n) is 15.5. The molecule has 4 bridgehead atoms. The fraction of sp³-hybridized carbons (Fsp3) is 0.314. The van der Waals surface area contributed by atoms with Crippen LogP contribution in [0.4, 0.5) is 4.39 Å². The number of aromatic nitrogens is 2. The van der Waals surface area contributed by atoms with E-state index in [1.54, 1.807) is 40.9 Å². The smallest absolute Gasteiger partial charge is 0.274 e. The molecule has 2 aliphatic heterocycles. The van der Waals surface area contributed by atoms with Crippen molar-refractivity contribution in [3.63, 3.8) is 0 Å². The lowest BCUT2D eigenvalue weighted by Crippen LogP contribution is -2.58. The number of fused-ring (bicyclic) bond motifs is 5. The number of hydrogen-bond acceptors (Lipinski definition) is 7. The molecule has 244 valence electrons. The quantitative estimate of drug-likeness (QED) is 0.350. The molecule has 0 unspecified atom stereocenters. The summed E-state index contributed by atoms with van der Waals surface area (Å²) < 4.78 is 33.9. The highest BCUT2D eigenvalue weighted by molar-refractivity contribution is 5.93. The van der Waals surface area contributed by atoms with Crippen LogP contribution in [0, 0.1) is 5.82 Å². The topological polar surface area (TPSA) is 124 Å². The van der Waals surface area contributed by atoms with Gasteiger partial charge in [0.15, 0.2) is 23.8 Å². The molecule has 47 heavy (non-hydrogen) atoms. The first kappa shape index (κ1) is 31.6. The van der Waals surface area contributed by atoms with Gasteiger partial charge in [0.1, 0.15) is 17.7 Å². The maximum atomic E-state index is 14.7. The third-order valence-corrected chi connectivity index (χ3v) is 8.29. The highest BCUT2D eigenvalue weighted by atomic mass is 19.1. The molecule has 11 nitrogen and oxygen atoms in total. The van der Waals surface area contributed by atoms with E-state index in [9.17, 15) is 18.8 Å². The third-order valence-electron chi connectivity index (χ3n) is 8.29. The van der Waals surface area contributed by atoms with Crippen molar-refractivity contribution in [2.24, 2.45) is 7.05 Å². The van der Waals surface area contributed by atoms with Crippen LogP contribution in [0.2, 0.25) is 0 Å². The number of amides is 3. The lowest BCUT2D eigenvalue weighted by Gasteiger charge is -2.38. The number of rotatable bonds is 3. The largest absolute Gasteiger partial charge is 0.493 e. The Bertz CT molecular complexity index is 1780. The van der Waals surface area contributed by atoms with E-state index < -0.39 is 23.9 Å². The molecule has 3 amide bonds. The van der Waals surface area contributed by atoms with Gasteiger partial charge >= 0.3 is 0 Å². The third kappa shape index (κ3) is 7.54. The Morgan fingerprint density at radius 1 is 1.00 bits per heavy atom. The minimum absolute atomic E-state index is 0.117. The fourth-order valence-corrected chi connectivity index (χ4v) is 5.90. The Morgan fingerprint density at radius 2 is 1.83 bits per heavy atom. The van der Waals surface area contributed by atoms with Crippen LogP contribution in [-0.4, -0.2) is 71.4 Å². The number of aryl methyl sites for hydroxylation is 2. The lowest BCUT2D eigenvalue weighted by atomic mass is 10.0. The number of likely N-dealkylation sites (tertiary alicyclic amines) is 1. The van der Waals surface area contributed by atoms with Crippen LogP contribution in [-0.2, 0) is 29.6 Å². The second kappa shape index (κ2) is 13.9. The Balaban J connectivity index is 1.26. The summed E-state index contributed by atoms with van der Waals surface area (Å²) in [5, 5.41) is 10.3. The van der Waals surface area contributed by atoms with Crippen molar-refractivity contribution < 1.29 is 33.0 Å². The van der Waals surface area contributed by atoms with Crippen LogP contribution < -0.4 is 24.8 Å². The molecule has 6 rings (SSSR count). The zero-order chi connectivity index (χ0) is 32.9. The number of piperidine rings is 1. The monoisotopic (exact) mass is 641 g/mol. The summed E-state index contributed by atoms with van der Waals surface area (Å²) in [6, 6.07) is 20.3. The summed E-state index contributed by atoms with van der Waals surface area (Å²) in [7, 11) is 3.29. The summed E-state index contributed by atoms with van der Waals surface area (Å²) in [6.45, 7) is 0.240. The Morgan fingerprint density at radius 3 is 2.64 bits per heavy atom. The van der Waals surface area contributed by atoms with Gasteiger partial charge in [0, 0.05) is 45.6 Å². The number of carbonyl (C=O) groups excluding carboxylic acids is 3. The summed E-state index contributed by atoms with van der Waals surface area (Å²) in [6.07, 6.45) is 0.393. The molecular formula is C35H36FN5O6. The van der Waals surface area contributed by atoms with E-state index in [2.05, 4.69) is 15.7 Å². The molecule has 3 aromatic carbocycles. The summed E-state index contributed by atoms with van der Waals surface area (Å²) >= 11 is 0. The first-order chi connectivity index (χ1) is 22.7. The molecule has 0 saturated carbocycles. The van der Waals surface area contributed by atoms with Crippen molar-refractivity contribution in [1.82, 2.24) is 25.3 Å². The van der Waals surface area contributed by atoms with E-state index >= 15 is 0 Å². The van der Waals surface area contributed by atoms with E-state index in [-0.39, 0.29) is 49.4 Å². The van der Waals surface area contributed by atoms with Gasteiger partial charge in [-0.2, -0.15) is 5.10 Å². The average Bonchev–Trinajstić information content (AvgIpc) is 3.47. The first-order valence-corrected chi connectivity index (χ1v) is 15.5. The van der Waals surface area contributed by atoms with Gasteiger partial charge in [-0.1, -0.05) is 36.4 Å². The summed E-state index contributed by atoms with van der Waals surface area (Å²) in [5.41, 5.74) is 3.37. The van der Waals surface area contributed by atoms with Crippen molar-refractivity contribution in [2.45, 2.75) is 38.0 Å². The van der Waals surface area contributed by atoms with Crippen molar-refractivity contribution >= 4 is 17.7 Å². The average molecular weight is 642 g/mol. The molecular weight excluding hydrogens is 605 g/mol. The van der Waals surface area contributed by atoms with Crippen molar-refractivity contribution in [3.8, 4) is 28.5 Å². The number of carbonyl (C=O) groups is 3. The molecule has 1 aromatic heterocycles. The Labute approximate surface area is 271 Å². The van der Waals surface area contributed by atoms with E-state index in [1.165, 1.54) is 19.2 Å². The van der Waals surface area contributed by atoms with E-state index in [0.29, 0.717) is 36.4 Å². The van der Waals surface area contributed by atoms with Crippen LogP contribution in [0.1, 0.15) is 34.5 Å². The summed E-state index contributed by atoms with van der Waals surface area (Å²) in [5.74, 6) is -0.361. The van der Waals surface area contributed by atoms with Gasteiger partial charge in [-0.25, -0.2) is 4.39 Å². The Kier molecular flexibility index (Phi) is 9.37. The van der Waals surface area contributed by atoms with Gasteiger partial charge in [0.2, 0.25) is 5.91 Å². The minimum Gasteiger partial charge on any atom is -0.493 e. The van der Waals surface area contributed by atoms with E-state index in [1.807, 2.05) is 36.4 Å². The van der Waals surface area contributed by atoms with Gasteiger partial charge in [0.05, 0.1) is 18.8 Å². The molecule has 2 atom stereocenters. The maximum absolute atomic E-state index is 14.7. The van der Waals surface area contributed by atoms with Crippen molar-refractivity contribution in [1.29, 1.82) is 0 Å². The van der Waals surface area contributed by atoms with Crippen molar-refractivity contribution in [2.75, 3.05) is 26.8 Å². The normalized spacial score (nSPS) is 18.7. The number of benzene rings is 3. The number of nitrogens with zero attached hydrogens (tertiary/aromatic N) is 3. The van der Waals surface area contributed by atoms with Gasteiger partial charge in [-0.3, -0.25) is 19.1 Å². The second-order valence-corrected chi connectivity index (χ2v) is 11.6. The van der Waals surface area contributed by atoms with Crippen LogP contribution in [0.15, 0.2) is 72.8 Å². The number of hydrogen-bond donors (Lipinski definition) is 2. The molecule has 1 saturated heterocycles. The predicted octanol–water partition coefficient (Wildman–Crippen LogP) is 3.65. The van der Waals surface area contributed by atoms with Crippen LogP contribution in [0.3, 0.4) is 0 Å². The standard InChI is InChI=1S/C35H36FN5O6/c1-40-29(24-6-4-3-5-7-24)18-27(39-40)35(44)41-13-12-30-28(20-41)38-34(43)21-46-32-16-22(8-10-31(32)45-2)9-11-33(42)37-19-23-14-25(36)17-26(15-23)47-30/h3-8,10,14-18,28,30H,9,11-13,19-21H2,1-2H3,(H,37,42)(H,38,43)/t28-,30-/m1/s1. The number of methoxy groups -OCH3 is 1. The summed E-state index contributed by atoms with van der Waals surface area (Å²) in [4.78, 5) is 41.2. The predicted molar refractivity (Wildman–Crippen MR) is 171 cm³/mol. The minimum atomic E-state index is -0.653. The molecule has 2 N–H and O–H groups in total. The molecule has 0 radical (unpaired) electrons. The number of ether oxygens (including phenoxy) is 3. The SMILES string of the molecule is COc1ccc2cc1OCC(=O)N[C@@H]1CN(C(=O)c3cc(-c4ccccc4)n(C)n3)CC[C@H]1Oc1cc(F)cc(c1)CNC(=O)CC2. The molecule has 12 heteroatoms. The van der Waals surface area contributed by atoms with E-state index in [0.717, 1.165) is 16.8 Å². The highest BCUT2D eigenvalue weighted by Crippen LogP contribution is 2.29. The molecule has 4 aromatic rings. The fourth-order valence-electron chi connectivity index (χ4n) is 5.90. The Hall–Kier alpha value is -5.39. The van der Waals surface area contributed by atoms with Gasteiger partial charge in [0.25, 0.3) is 11.8 Å². The zero-order valence-electron chi connectivity index (χ0n) is 26.2. The molecule has 0 spiro atoms. The van der Waals surface area contributed by atoms with E-state index in [4.69, 9.17) is 14.2 Å². The van der Waals surface area contributed by atoms with Gasteiger partial charge in [-0.15, -0.1) is 0 Å². The van der Waals surface area contributed by atoms with Crippen LogP contribution >= 0.6 is 0 Å². The zero-order valence-corrected chi connectivity index (χ0v) is 26.2. The number of halogens is 1. The molecule has 2 aliphatic rings. The highest BCUT2D eigenvalue weighted by Gasteiger charge is 2.35. The maximum Gasteiger partial charge on any atom is 0.274 e.